The van der Waals surface area contributed by atoms with Crippen molar-refractivity contribution in [1.29, 1.82) is 0 Å². The first kappa shape index (κ1) is 16.0. The van der Waals surface area contributed by atoms with E-state index in [4.69, 9.17) is 4.74 Å². The molecule has 1 saturated heterocycles. The van der Waals surface area contributed by atoms with Gasteiger partial charge in [-0.15, -0.1) is 12.4 Å². The van der Waals surface area contributed by atoms with Crippen molar-refractivity contribution in [2.75, 3.05) is 40.0 Å². The van der Waals surface area contributed by atoms with Gasteiger partial charge in [-0.25, -0.2) is 4.39 Å². The summed E-state index contributed by atoms with van der Waals surface area (Å²) in [7, 11) is 1.54. The normalized spacial score (nSPS) is 17.6. The van der Waals surface area contributed by atoms with Gasteiger partial charge in [-0.05, 0) is 12.1 Å². The van der Waals surface area contributed by atoms with Crippen LogP contribution in [0.1, 0.15) is 11.6 Å². The highest BCUT2D eigenvalue weighted by atomic mass is 35.5. The molecule has 108 valence electrons. The number of methoxy groups -OCH3 is 1. The van der Waals surface area contributed by atoms with E-state index in [0.29, 0.717) is 11.3 Å². The van der Waals surface area contributed by atoms with Crippen LogP contribution in [-0.4, -0.2) is 50.0 Å². The Kier molecular flexibility index (Phi) is 6.34. The molecular weight excluding hydrogens is 271 g/mol. The highest BCUT2D eigenvalue weighted by Crippen LogP contribution is 2.32. The largest absolute Gasteiger partial charge is 0.507 e. The Labute approximate surface area is 119 Å². The average Bonchev–Trinajstić information content (AvgIpc) is 2.42. The van der Waals surface area contributed by atoms with Gasteiger partial charge in [0.1, 0.15) is 18.2 Å². The van der Waals surface area contributed by atoms with Crippen molar-refractivity contribution in [1.82, 2.24) is 10.2 Å². The third-order valence-corrected chi connectivity index (χ3v) is 3.34. The van der Waals surface area contributed by atoms with E-state index in [2.05, 4.69) is 10.2 Å². The molecule has 0 unspecified atom stereocenters. The molecule has 0 amide bonds. The lowest BCUT2D eigenvalue weighted by molar-refractivity contribution is 0.145. The van der Waals surface area contributed by atoms with E-state index < -0.39 is 6.67 Å². The molecule has 1 atom stereocenters. The Morgan fingerprint density at radius 3 is 2.63 bits per heavy atom. The minimum Gasteiger partial charge on any atom is -0.507 e. The number of hydrogen-bond donors (Lipinski definition) is 2. The van der Waals surface area contributed by atoms with Crippen LogP contribution in [-0.2, 0) is 0 Å². The molecule has 1 aromatic rings. The molecule has 0 aliphatic carbocycles. The first-order valence-corrected chi connectivity index (χ1v) is 6.14. The molecule has 0 aromatic heterocycles. The maximum atomic E-state index is 13.3. The van der Waals surface area contributed by atoms with E-state index in [1.807, 2.05) is 0 Å². The minimum absolute atomic E-state index is 0. The molecule has 2 N–H and O–H groups in total. The number of benzene rings is 1. The smallest absolute Gasteiger partial charge is 0.124 e. The summed E-state index contributed by atoms with van der Waals surface area (Å²) in [5.41, 5.74) is 0.625. The summed E-state index contributed by atoms with van der Waals surface area (Å²) in [4.78, 5) is 2.05. The SMILES string of the molecule is COc1ccc([C@@H](CF)N2CCNCC2)c(O)c1.Cl. The number of piperazine rings is 1. The van der Waals surface area contributed by atoms with Crippen molar-refractivity contribution < 1.29 is 14.2 Å². The number of nitrogens with zero attached hydrogens (tertiary/aromatic N) is 1. The summed E-state index contributed by atoms with van der Waals surface area (Å²) in [6.45, 7) is 2.79. The minimum atomic E-state index is -0.500. The van der Waals surface area contributed by atoms with Crippen LogP contribution in [0.25, 0.3) is 0 Å². The van der Waals surface area contributed by atoms with Crippen LogP contribution in [0, 0.1) is 0 Å². The zero-order chi connectivity index (χ0) is 13.0. The molecule has 1 fully saturated rings. The Balaban J connectivity index is 0.00000180. The lowest BCUT2D eigenvalue weighted by Gasteiger charge is -2.33. The molecule has 6 heteroatoms. The molecule has 0 saturated carbocycles. The van der Waals surface area contributed by atoms with Gasteiger partial charge in [0.25, 0.3) is 0 Å². The van der Waals surface area contributed by atoms with Crippen molar-refractivity contribution >= 4 is 12.4 Å². The Morgan fingerprint density at radius 1 is 1.42 bits per heavy atom. The maximum absolute atomic E-state index is 13.3. The monoisotopic (exact) mass is 290 g/mol. The van der Waals surface area contributed by atoms with Crippen molar-refractivity contribution in [3.8, 4) is 11.5 Å². The van der Waals surface area contributed by atoms with Crippen LogP contribution >= 0.6 is 12.4 Å². The molecule has 2 rings (SSSR count). The fourth-order valence-corrected chi connectivity index (χ4v) is 2.30. The number of rotatable bonds is 4. The molecular formula is C13H20ClFN2O2. The lowest BCUT2D eigenvalue weighted by atomic mass is 10.0. The second kappa shape index (κ2) is 7.53. The summed E-state index contributed by atoms with van der Waals surface area (Å²) in [5.74, 6) is 0.671. The topological polar surface area (TPSA) is 44.7 Å². The first-order chi connectivity index (χ1) is 8.76. The fraction of sp³-hybridized carbons (Fsp3) is 0.538. The van der Waals surface area contributed by atoms with Crippen molar-refractivity contribution in [3.05, 3.63) is 23.8 Å². The van der Waals surface area contributed by atoms with Crippen molar-refractivity contribution in [2.45, 2.75) is 6.04 Å². The number of alkyl halides is 1. The molecule has 1 aromatic carbocycles. The second-order valence-corrected chi connectivity index (χ2v) is 4.38. The van der Waals surface area contributed by atoms with Gasteiger partial charge in [-0.3, -0.25) is 4.90 Å². The summed E-state index contributed by atoms with van der Waals surface area (Å²) in [6, 6.07) is 4.64. The van der Waals surface area contributed by atoms with Crippen LogP contribution in [0.4, 0.5) is 4.39 Å². The fourth-order valence-electron chi connectivity index (χ4n) is 2.30. The predicted octanol–water partition coefficient (Wildman–Crippen LogP) is 1.74. The van der Waals surface area contributed by atoms with Crippen LogP contribution in [0.5, 0.6) is 11.5 Å². The number of aromatic hydroxyl groups is 1. The molecule has 0 radical (unpaired) electrons. The molecule has 4 nitrogen and oxygen atoms in total. The highest BCUT2D eigenvalue weighted by molar-refractivity contribution is 5.85. The predicted molar refractivity (Wildman–Crippen MR) is 75.1 cm³/mol. The summed E-state index contributed by atoms with van der Waals surface area (Å²) < 4.78 is 18.3. The average molecular weight is 291 g/mol. The molecule has 1 heterocycles. The van der Waals surface area contributed by atoms with Gasteiger partial charge < -0.3 is 15.2 Å². The van der Waals surface area contributed by atoms with E-state index in [0.717, 1.165) is 26.2 Å². The number of hydrogen-bond acceptors (Lipinski definition) is 4. The number of nitrogens with one attached hydrogen (secondary N) is 1. The number of ether oxygens (including phenoxy) is 1. The van der Waals surface area contributed by atoms with Crippen LogP contribution in [0.2, 0.25) is 0 Å². The van der Waals surface area contributed by atoms with Crippen LogP contribution in [0.3, 0.4) is 0 Å². The van der Waals surface area contributed by atoms with Gasteiger partial charge in [0.2, 0.25) is 0 Å². The molecule has 0 spiro atoms. The third-order valence-electron chi connectivity index (χ3n) is 3.34. The van der Waals surface area contributed by atoms with E-state index in [1.54, 1.807) is 12.1 Å². The van der Waals surface area contributed by atoms with Crippen LogP contribution in [0.15, 0.2) is 18.2 Å². The molecule has 1 aliphatic rings. The van der Waals surface area contributed by atoms with E-state index >= 15 is 0 Å². The van der Waals surface area contributed by atoms with Gasteiger partial charge in [0, 0.05) is 37.8 Å². The molecule has 0 bridgehead atoms. The van der Waals surface area contributed by atoms with Gasteiger partial charge >= 0.3 is 0 Å². The Hall–Kier alpha value is -1.04. The van der Waals surface area contributed by atoms with Gasteiger partial charge in [-0.1, -0.05) is 0 Å². The standard InChI is InChI=1S/C13H19FN2O2.ClH/c1-18-10-2-3-11(13(17)8-10)12(9-14)16-6-4-15-5-7-16;/h2-3,8,12,15,17H,4-7,9H2,1H3;1H/t12-;/m1./s1. The second-order valence-electron chi connectivity index (χ2n) is 4.38. The summed E-state index contributed by atoms with van der Waals surface area (Å²) in [5, 5.41) is 13.2. The molecule has 19 heavy (non-hydrogen) atoms. The molecule has 1 aliphatic heterocycles. The number of phenols is 1. The van der Waals surface area contributed by atoms with E-state index in [-0.39, 0.29) is 24.2 Å². The van der Waals surface area contributed by atoms with Gasteiger partial charge in [0.05, 0.1) is 13.2 Å². The van der Waals surface area contributed by atoms with Gasteiger partial charge in [0.15, 0.2) is 0 Å². The quantitative estimate of drug-likeness (QED) is 0.887. The number of phenolic OH excluding ortho intramolecular Hbond substituents is 1. The van der Waals surface area contributed by atoms with E-state index in [1.165, 1.54) is 13.2 Å². The highest BCUT2D eigenvalue weighted by Gasteiger charge is 2.24. The first-order valence-electron chi connectivity index (χ1n) is 6.14. The maximum Gasteiger partial charge on any atom is 0.124 e. The Bertz CT molecular complexity index is 400. The Morgan fingerprint density at radius 2 is 2.11 bits per heavy atom. The van der Waals surface area contributed by atoms with Crippen LogP contribution < -0.4 is 10.1 Å². The zero-order valence-corrected chi connectivity index (χ0v) is 11.8. The zero-order valence-electron chi connectivity index (χ0n) is 10.9. The van der Waals surface area contributed by atoms with Gasteiger partial charge in [-0.2, -0.15) is 0 Å². The number of halogens is 2. The summed E-state index contributed by atoms with van der Waals surface area (Å²) in [6.07, 6.45) is 0. The third kappa shape index (κ3) is 3.72. The van der Waals surface area contributed by atoms with E-state index in [9.17, 15) is 9.50 Å². The lowest BCUT2D eigenvalue weighted by Crippen LogP contribution is -2.45. The van der Waals surface area contributed by atoms with Crippen molar-refractivity contribution in [3.63, 3.8) is 0 Å². The van der Waals surface area contributed by atoms with Crippen molar-refractivity contribution in [2.24, 2.45) is 0 Å². The summed E-state index contributed by atoms with van der Waals surface area (Å²) >= 11 is 0.